The van der Waals surface area contributed by atoms with Crippen LogP contribution in [0.3, 0.4) is 0 Å². The van der Waals surface area contributed by atoms with E-state index in [0.29, 0.717) is 22.8 Å². The monoisotopic (exact) mass is 1320 g/mol. The summed E-state index contributed by atoms with van der Waals surface area (Å²) in [6.45, 7) is 0. The van der Waals surface area contributed by atoms with Crippen LogP contribution in [0.4, 0.5) is 0 Å². The Bertz CT molecular complexity index is 6820. The third kappa shape index (κ3) is 8.42. The van der Waals surface area contributed by atoms with Crippen molar-refractivity contribution in [2.45, 2.75) is 0 Å². The number of rotatable bonds is 9. The fourth-order valence-electron chi connectivity index (χ4n) is 17.2. The Hall–Kier alpha value is -14.3. The number of para-hydroxylation sites is 8. The van der Waals surface area contributed by atoms with E-state index in [4.69, 9.17) is 9.97 Å². The van der Waals surface area contributed by atoms with Crippen LogP contribution in [0.15, 0.2) is 346 Å². The van der Waals surface area contributed by atoms with Crippen molar-refractivity contribution < 1.29 is 0 Å². The van der Waals surface area contributed by atoms with Gasteiger partial charge in [-0.3, -0.25) is 0 Å². The van der Waals surface area contributed by atoms with Crippen molar-refractivity contribution in [1.29, 1.82) is 5.26 Å². The minimum Gasteiger partial charge on any atom is -0.309 e. The van der Waals surface area contributed by atoms with Gasteiger partial charge in [-0.15, -0.1) is 0 Å². The topological polar surface area (TPSA) is 79.2 Å². The molecule has 0 atom stereocenters. The lowest BCUT2D eigenvalue weighted by Gasteiger charge is -2.19. The number of benzene rings is 15. The van der Waals surface area contributed by atoms with Gasteiger partial charge in [-0.2, -0.15) is 5.26 Å². The predicted octanol–water partition coefficient (Wildman–Crippen LogP) is 23.9. The average Bonchev–Trinajstić information content (AvgIpc) is 1.58. The summed E-state index contributed by atoms with van der Waals surface area (Å²) < 4.78 is 14.3. The summed E-state index contributed by atoms with van der Waals surface area (Å²) in [5.41, 5.74) is 23.1. The molecule has 15 aromatic carbocycles. The molecule has 0 N–H and O–H groups in total. The van der Waals surface area contributed by atoms with Gasteiger partial charge >= 0.3 is 0 Å². The van der Waals surface area contributed by atoms with Gasteiger partial charge in [0.2, 0.25) is 0 Å². The average molecular weight is 1320 g/mol. The molecule has 482 valence electrons. The van der Waals surface area contributed by atoms with E-state index in [9.17, 15) is 5.26 Å². The Morgan fingerprint density at radius 2 is 0.481 bits per heavy atom. The molecule has 22 rings (SSSR count). The molecule has 0 bridgehead atoms. The van der Waals surface area contributed by atoms with Crippen LogP contribution >= 0.6 is 0 Å². The maximum absolute atomic E-state index is 12.3. The van der Waals surface area contributed by atoms with E-state index in [1.165, 1.54) is 43.1 Å². The zero-order valence-corrected chi connectivity index (χ0v) is 55.9. The van der Waals surface area contributed by atoms with E-state index in [-0.39, 0.29) is 0 Å². The summed E-state index contributed by atoms with van der Waals surface area (Å²) >= 11 is 0. The summed E-state index contributed by atoms with van der Waals surface area (Å²) in [5, 5.41) is 26.0. The molecule has 0 aliphatic carbocycles. The molecular weight excluding hydrogens is 1270 g/mol. The lowest BCUT2D eigenvalue weighted by molar-refractivity contribution is 1.12. The SMILES string of the molecule is N#Cc1cc(-n2c3ccc(-n4c5ccccc5c5ccccc54)cc3c3cc(-n4c5ccccc5c5ccccc54)ccc32)c(-c2cc(-c3ccccc3)nc(-c3ccccc3)n2)cc1-n1c2ccc(-n3c4ccccc4c4ccccc43)cc2c2cc(-n3c4ccccc4c4ccccc43)ccc21. The van der Waals surface area contributed by atoms with Gasteiger partial charge in [-0.05, 0) is 140 Å². The third-order valence-corrected chi connectivity index (χ3v) is 21.6. The van der Waals surface area contributed by atoms with Gasteiger partial charge < -0.3 is 27.4 Å². The molecule has 9 nitrogen and oxygen atoms in total. The molecule has 0 saturated heterocycles. The molecule has 7 aromatic heterocycles. The first-order valence-corrected chi connectivity index (χ1v) is 35.3. The quantitative estimate of drug-likeness (QED) is 0.144. The van der Waals surface area contributed by atoms with Crippen molar-refractivity contribution in [3.8, 4) is 74.1 Å². The standard InChI is InChI=1S/C95H57N9/c96-58-61-51-94(104-91-49-45-64(101-85-39-19-11-31-70(85)71-32-12-20-40-86(71)101)54-76(91)77-55-65(46-50-92(77)104)102-87-41-21-13-33-72(87)73-34-14-22-42-88(73)102)78(80-57-79(59-23-3-1-4-24-59)97-95(98-80)60-25-5-2-6-26-60)56-93(61)103-89-47-43-62(99-81-35-15-7-27-66(81)67-28-8-16-36-82(67)99)52-74(89)75-53-63(44-48-90(75)103)100-83-37-17-9-29-68(83)69-30-10-18-38-84(69)100/h1-57H. The molecule has 0 aliphatic heterocycles. The van der Waals surface area contributed by atoms with Crippen molar-refractivity contribution in [1.82, 2.24) is 37.4 Å². The van der Waals surface area contributed by atoms with Gasteiger partial charge in [0.05, 0.1) is 94.5 Å². The van der Waals surface area contributed by atoms with Crippen molar-refractivity contribution in [2.24, 2.45) is 0 Å². The molecule has 0 aliphatic rings. The van der Waals surface area contributed by atoms with E-state index in [2.05, 4.69) is 355 Å². The minimum absolute atomic E-state index is 0.486. The van der Waals surface area contributed by atoms with Crippen molar-refractivity contribution in [3.05, 3.63) is 351 Å². The molecule has 0 fully saturated rings. The number of hydrogen-bond acceptors (Lipinski definition) is 3. The van der Waals surface area contributed by atoms with E-state index in [1.807, 2.05) is 24.3 Å². The maximum atomic E-state index is 12.3. The van der Waals surface area contributed by atoms with Gasteiger partial charge in [0.25, 0.3) is 0 Å². The van der Waals surface area contributed by atoms with Crippen LogP contribution in [0.1, 0.15) is 5.56 Å². The highest BCUT2D eigenvalue weighted by Crippen LogP contribution is 2.46. The van der Waals surface area contributed by atoms with E-state index >= 15 is 0 Å². The fourth-order valence-corrected chi connectivity index (χ4v) is 17.2. The molecule has 0 spiro atoms. The molecule has 9 heteroatoms. The van der Waals surface area contributed by atoms with Crippen molar-refractivity contribution in [3.63, 3.8) is 0 Å². The second-order valence-electron chi connectivity index (χ2n) is 27.1. The van der Waals surface area contributed by atoms with Crippen LogP contribution in [0.5, 0.6) is 0 Å². The Morgan fingerprint density at radius 1 is 0.212 bits per heavy atom. The first kappa shape index (κ1) is 57.6. The van der Waals surface area contributed by atoms with Crippen LogP contribution in [-0.2, 0) is 0 Å². The molecule has 104 heavy (non-hydrogen) atoms. The summed E-state index contributed by atoms with van der Waals surface area (Å²) in [6, 6.07) is 127. The second kappa shape index (κ2) is 22.3. The highest BCUT2D eigenvalue weighted by atomic mass is 15.0. The second-order valence-corrected chi connectivity index (χ2v) is 27.1. The zero-order chi connectivity index (χ0) is 68.3. The first-order valence-electron chi connectivity index (χ1n) is 35.3. The number of nitrogens with zero attached hydrogens (tertiary/aromatic N) is 9. The number of aromatic nitrogens is 8. The van der Waals surface area contributed by atoms with Gasteiger partial charge in [0.1, 0.15) is 6.07 Å². The van der Waals surface area contributed by atoms with Crippen LogP contribution in [0.25, 0.3) is 199 Å². The summed E-state index contributed by atoms with van der Waals surface area (Å²) in [4.78, 5) is 11.1. The molecule has 0 amide bonds. The lowest BCUT2D eigenvalue weighted by atomic mass is 10.0. The normalized spacial score (nSPS) is 12.0. The predicted molar refractivity (Wildman–Crippen MR) is 429 cm³/mol. The number of nitriles is 1. The molecule has 0 radical (unpaired) electrons. The zero-order valence-electron chi connectivity index (χ0n) is 55.9. The molecule has 22 aromatic rings. The fraction of sp³-hybridized carbons (Fsp3) is 0. The van der Waals surface area contributed by atoms with Crippen molar-refractivity contribution >= 4 is 131 Å². The molecule has 0 unspecified atom stereocenters. The van der Waals surface area contributed by atoms with Crippen LogP contribution in [-0.4, -0.2) is 37.4 Å². The van der Waals surface area contributed by atoms with Gasteiger partial charge in [-0.25, -0.2) is 9.97 Å². The molecule has 7 heterocycles. The lowest BCUT2D eigenvalue weighted by Crippen LogP contribution is -2.06. The molecular formula is C95H57N9. The van der Waals surface area contributed by atoms with Gasteiger partial charge in [0.15, 0.2) is 5.82 Å². The van der Waals surface area contributed by atoms with Crippen LogP contribution < -0.4 is 0 Å². The highest BCUT2D eigenvalue weighted by Gasteiger charge is 2.27. The van der Waals surface area contributed by atoms with Crippen molar-refractivity contribution in [2.75, 3.05) is 0 Å². The summed E-state index contributed by atoms with van der Waals surface area (Å²) in [6.07, 6.45) is 0. The van der Waals surface area contributed by atoms with E-state index in [1.54, 1.807) is 0 Å². The van der Waals surface area contributed by atoms with E-state index in [0.717, 1.165) is 139 Å². The smallest absolute Gasteiger partial charge is 0.160 e. The minimum atomic E-state index is 0.486. The first-order chi connectivity index (χ1) is 51.6. The number of hydrogen-bond donors (Lipinski definition) is 0. The Labute approximate surface area is 595 Å². The molecule has 0 saturated carbocycles. The Balaban J connectivity index is 0.855. The maximum Gasteiger partial charge on any atom is 0.160 e. The summed E-state index contributed by atoms with van der Waals surface area (Å²) in [7, 11) is 0. The van der Waals surface area contributed by atoms with Gasteiger partial charge in [0, 0.05) is 104 Å². The number of fused-ring (bicyclic) bond motifs is 18. The Morgan fingerprint density at radius 3 is 0.798 bits per heavy atom. The van der Waals surface area contributed by atoms with Crippen LogP contribution in [0.2, 0.25) is 0 Å². The third-order valence-electron chi connectivity index (χ3n) is 21.6. The van der Waals surface area contributed by atoms with Crippen LogP contribution in [0, 0.1) is 11.3 Å². The summed E-state index contributed by atoms with van der Waals surface area (Å²) in [5.74, 6) is 0.583. The van der Waals surface area contributed by atoms with Gasteiger partial charge in [-0.1, -0.05) is 206 Å². The Kier molecular flexibility index (Phi) is 12.4. The highest BCUT2D eigenvalue weighted by molar-refractivity contribution is 6.17. The van der Waals surface area contributed by atoms with E-state index < -0.39 is 0 Å². The largest absolute Gasteiger partial charge is 0.309 e.